The summed E-state index contributed by atoms with van der Waals surface area (Å²) in [6.45, 7) is 8.91. The predicted molar refractivity (Wildman–Crippen MR) is 99.3 cm³/mol. The number of ether oxygens (including phenoxy) is 1. The molecule has 0 radical (unpaired) electrons. The second kappa shape index (κ2) is 7.48. The van der Waals surface area contributed by atoms with E-state index in [1.54, 1.807) is 6.92 Å². The summed E-state index contributed by atoms with van der Waals surface area (Å²) in [7, 11) is 0. The Hall–Kier alpha value is -1.73. The minimum atomic E-state index is 0.135. The summed E-state index contributed by atoms with van der Waals surface area (Å²) in [6, 6.07) is 0.682. The fraction of sp³-hybridized carbons (Fsp3) is 0.737. The first-order valence-corrected chi connectivity index (χ1v) is 9.82. The van der Waals surface area contributed by atoms with E-state index in [9.17, 15) is 4.79 Å². The van der Waals surface area contributed by atoms with Crippen molar-refractivity contribution in [2.24, 2.45) is 0 Å². The summed E-state index contributed by atoms with van der Waals surface area (Å²) in [4.78, 5) is 25.6. The number of anilines is 1. The van der Waals surface area contributed by atoms with Gasteiger partial charge >= 0.3 is 0 Å². The SMILES string of the molecule is CC(=O)N1CCc2nc(C)nc(N[C@@H]3COC[C@H]3N3CCCC3)c2CC1. The first kappa shape index (κ1) is 17.7. The van der Waals surface area contributed by atoms with Crippen LogP contribution < -0.4 is 5.32 Å². The third-order valence-corrected chi connectivity index (χ3v) is 5.88. The minimum absolute atomic E-state index is 0.135. The van der Waals surface area contributed by atoms with E-state index >= 15 is 0 Å². The highest BCUT2D eigenvalue weighted by atomic mass is 16.5. The molecule has 4 heterocycles. The molecule has 3 aliphatic heterocycles. The van der Waals surface area contributed by atoms with Gasteiger partial charge in [0.2, 0.25) is 5.91 Å². The number of rotatable bonds is 3. The largest absolute Gasteiger partial charge is 0.378 e. The molecule has 142 valence electrons. The molecule has 26 heavy (non-hydrogen) atoms. The Balaban J connectivity index is 1.55. The quantitative estimate of drug-likeness (QED) is 0.868. The Morgan fingerprint density at radius 3 is 2.65 bits per heavy atom. The second-order valence-electron chi connectivity index (χ2n) is 7.65. The van der Waals surface area contributed by atoms with Crippen LogP contribution in [0.4, 0.5) is 5.82 Å². The molecule has 2 saturated heterocycles. The lowest BCUT2D eigenvalue weighted by Crippen LogP contribution is -2.45. The van der Waals surface area contributed by atoms with E-state index in [2.05, 4.69) is 15.2 Å². The average molecular weight is 359 g/mol. The third-order valence-electron chi connectivity index (χ3n) is 5.88. The number of amides is 1. The summed E-state index contributed by atoms with van der Waals surface area (Å²) in [5.41, 5.74) is 2.26. The maximum atomic E-state index is 11.8. The first-order chi connectivity index (χ1) is 12.6. The van der Waals surface area contributed by atoms with Crippen molar-refractivity contribution in [1.29, 1.82) is 0 Å². The summed E-state index contributed by atoms with van der Waals surface area (Å²) in [6.07, 6.45) is 4.17. The number of carbonyl (C=O) groups is 1. The molecule has 7 heteroatoms. The normalized spacial score (nSPS) is 26.6. The molecule has 0 saturated carbocycles. The minimum Gasteiger partial charge on any atom is -0.378 e. The van der Waals surface area contributed by atoms with Gasteiger partial charge in [0.05, 0.1) is 31.0 Å². The van der Waals surface area contributed by atoms with Crippen molar-refractivity contribution in [3.8, 4) is 0 Å². The van der Waals surface area contributed by atoms with E-state index in [-0.39, 0.29) is 11.9 Å². The molecular weight excluding hydrogens is 330 g/mol. The number of hydrogen-bond acceptors (Lipinski definition) is 6. The van der Waals surface area contributed by atoms with E-state index in [1.807, 2.05) is 11.8 Å². The maximum Gasteiger partial charge on any atom is 0.219 e. The lowest BCUT2D eigenvalue weighted by molar-refractivity contribution is -0.128. The molecule has 1 aromatic rings. The van der Waals surface area contributed by atoms with Crippen LogP contribution in [0.15, 0.2) is 0 Å². The maximum absolute atomic E-state index is 11.8. The highest BCUT2D eigenvalue weighted by Gasteiger charge is 2.35. The Morgan fingerprint density at radius 1 is 1.12 bits per heavy atom. The topological polar surface area (TPSA) is 70.6 Å². The lowest BCUT2D eigenvalue weighted by atomic mass is 10.1. The van der Waals surface area contributed by atoms with E-state index in [0.29, 0.717) is 6.04 Å². The van der Waals surface area contributed by atoms with Gasteiger partial charge in [0.15, 0.2) is 0 Å². The van der Waals surface area contributed by atoms with E-state index in [0.717, 1.165) is 56.5 Å². The highest BCUT2D eigenvalue weighted by molar-refractivity contribution is 5.73. The molecule has 3 aliphatic rings. The Kier molecular flexibility index (Phi) is 5.09. The molecule has 1 N–H and O–H groups in total. The summed E-state index contributed by atoms with van der Waals surface area (Å²) >= 11 is 0. The van der Waals surface area contributed by atoms with Crippen LogP contribution >= 0.6 is 0 Å². The van der Waals surface area contributed by atoms with E-state index < -0.39 is 0 Å². The molecular formula is C19H29N5O2. The number of fused-ring (bicyclic) bond motifs is 1. The van der Waals surface area contributed by atoms with Gasteiger partial charge in [-0.25, -0.2) is 9.97 Å². The molecule has 0 aromatic carbocycles. The molecule has 2 atom stereocenters. The summed E-state index contributed by atoms with van der Waals surface area (Å²) in [5.74, 6) is 1.87. The molecule has 0 bridgehead atoms. The van der Waals surface area contributed by atoms with Gasteiger partial charge in [0.25, 0.3) is 0 Å². The molecule has 0 unspecified atom stereocenters. The van der Waals surface area contributed by atoms with Crippen LogP contribution in [-0.2, 0) is 22.4 Å². The highest BCUT2D eigenvalue weighted by Crippen LogP contribution is 2.26. The second-order valence-corrected chi connectivity index (χ2v) is 7.65. The van der Waals surface area contributed by atoms with E-state index in [1.165, 1.54) is 31.5 Å². The average Bonchev–Trinajstić information content (AvgIpc) is 3.22. The zero-order valence-electron chi connectivity index (χ0n) is 15.8. The number of nitrogens with zero attached hydrogens (tertiary/aromatic N) is 4. The van der Waals surface area contributed by atoms with Crippen LogP contribution in [0.3, 0.4) is 0 Å². The van der Waals surface area contributed by atoms with Gasteiger partial charge < -0.3 is 15.0 Å². The van der Waals surface area contributed by atoms with Gasteiger partial charge in [-0.2, -0.15) is 0 Å². The van der Waals surface area contributed by atoms with Crippen molar-refractivity contribution >= 4 is 11.7 Å². The number of nitrogens with one attached hydrogen (secondary N) is 1. The summed E-state index contributed by atoms with van der Waals surface area (Å²) in [5, 5.41) is 3.69. The number of aromatic nitrogens is 2. The molecule has 1 amide bonds. The van der Waals surface area contributed by atoms with Gasteiger partial charge in [0, 0.05) is 32.0 Å². The van der Waals surface area contributed by atoms with Crippen LogP contribution in [0.1, 0.15) is 36.8 Å². The van der Waals surface area contributed by atoms with Crippen LogP contribution in [0, 0.1) is 6.92 Å². The molecule has 1 aromatic heterocycles. The van der Waals surface area contributed by atoms with E-state index in [4.69, 9.17) is 9.72 Å². The lowest BCUT2D eigenvalue weighted by Gasteiger charge is -2.29. The van der Waals surface area contributed by atoms with Gasteiger partial charge in [-0.15, -0.1) is 0 Å². The van der Waals surface area contributed by atoms with Crippen molar-refractivity contribution < 1.29 is 9.53 Å². The standard InChI is InChI=1S/C19H29N5O2/c1-13-20-16-6-10-23(14(2)25)9-5-15(16)19(21-13)22-17-11-26-12-18(17)24-7-3-4-8-24/h17-18H,3-12H2,1-2H3,(H,20,21,22)/t17-,18-/m1/s1. The molecule has 2 fully saturated rings. The zero-order valence-corrected chi connectivity index (χ0v) is 15.8. The van der Waals surface area contributed by atoms with Crippen LogP contribution in [0.25, 0.3) is 0 Å². The fourth-order valence-electron chi connectivity index (χ4n) is 4.45. The Labute approximate surface area is 155 Å². The van der Waals surface area contributed by atoms with Gasteiger partial charge in [-0.05, 0) is 39.3 Å². The first-order valence-electron chi connectivity index (χ1n) is 9.82. The predicted octanol–water partition coefficient (Wildman–Crippen LogP) is 1.01. The smallest absolute Gasteiger partial charge is 0.219 e. The van der Waals surface area contributed by atoms with Gasteiger partial charge in [-0.3, -0.25) is 9.69 Å². The van der Waals surface area contributed by atoms with Crippen LogP contribution in [0.5, 0.6) is 0 Å². The van der Waals surface area contributed by atoms with Gasteiger partial charge in [-0.1, -0.05) is 0 Å². The van der Waals surface area contributed by atoms with Gasteiger partial charge in [0.1, 0.15) is 11.6 Å². The molecule has 0 aliphatic carbocycles. The van der Waals surface area contributed by atoms with Crippen molar-refractivity contribution in [1.82, 2.24) is 19.8 Å². The Bertz CT molecular complexity index is 674. The Morgan fingerprint density at radius 2 is 1.88 bits per heavy atom. The van der Waals surface area contributed by atoms with Crippen molar-refractivity contribution in [2.75, 3.05) is 44.7 Å². The number of likely N-dealkylation sites (tertiary alicyclic amines) is 1. The van der Waals surface area contributed by atoms with Crippen LogP contribution in [0.2, 0.25) is 0 Å². The third kappa shape index (κ3) is 3.55. The number of aryl methyl sites for hydroxylation is 1. The van der Waals surface area contributed by atoms with Crippen molar-refractivity contribution in [3.63, 3.8) is 0 Å². The number of hydrogen-bond donors (Lipinski definition) is 1. The summed E-state index contributed by atoms with van der Waals surface area (Å²) < 4.78 is 5.80. The van der Waals surface area contributed by atoms with Crippen molar-refractivity contribution in [3.05, 3.63) is 17.1 Å². The zero-order chi connectivity index (χ0) is 18.1. The molecule has 4 rings (SSSR count). The molecule has 0 spiro atoms. The molecule has 7 nitrogen and oxygen atoms in total. The van der Waals surface area contributed by atoms with Crippen molar-refractivity contribution in [2.45, 2.75) is 51.6 Å². The number of carbonyl (C=O) groups excluding carboxylic acids is 1. The fourth-order valence-corrected chi connectivity index (χ4v) is 4.45. The van der Waals surface area contributed by atoms with Crippen LogP contribution in [-0.4, -0.2) is 77.2 Å². The monoisotopic (exact) mass is 359 g/mol.